The maximum Gasteiger partial charge on any atom is 0.492 e. The zero-order chi connectivity index (χ0) is 12.5. The zero-order valence-corrected chi connectivity index (χ0v) is 11.0. The van der Waals surface area contributed by atoms with Crippen LogP contribution >= 0.6 is 23.4 Å². The van der Waals surface area contributed by atoms with E-state index in [2.05, 4.69) is 0 Å². The summed E-state index contributed by atoms with van der Waals surface area (Å²) in [6.07, 6.45) is 0. The number of rotatable bonds is 2. The van der Waals surface area contributed by atoms with Gasteiger partial charge in [0.1, 0.15) is 5.44 Å². The first-order chi connectivity index (χ1) is 8.75. The fourth-order valence-electron chi connectivity index (χ4n) is 1.96. The molecule has 0 amide bonds. The molecule has 1 aliphatic heterocycles. The van der Waals surface area contributed by atoms with Gasteiger partial charge in [0, 0.05) is 4.90 Å². The van der Waals surface area contributed by atoms with Crippen LogP contribution in [0.4, 0.5) is 0 Å². The first-order valence-corrected chi connectivity index (χ1v) is 6.85. The molecule has 0 bridgehead atoms. The lowest BCUT2D eigenvalue weighted by Gasteiger charge is -2.12. The molecule has 2 aromatic rings. The lowest BCUT2D eigenvalue weighted by molar-refractivity contribution is 0.266. The van der Waals surface area contributed by atoms with Gasteiger partial charge in [-0.2, -0.15) is 0 Å². The Labute approximate surface area is 115 Å². The number of benzene rings is 2. The van der Waals surface area contributed by atoms with Crippen molar-refractivity contribution in [2.24, 2.45) is 0 Å². The van der Waals surface area contributed by atoms with E-state index >= 15 is 0 Å². The van der Waals surface area contributed by atoms with Crippen LogP contribution in [-0.2, 0) is 4.65 Å². The maximum absolute atomic E-state index is 9.83. The van der Waals surface area contributed by atoms with Crippen molar-refractivity contribution in [3.8, 4) is 0 Å². The Morgan fingerprint density at radius 2 is 1.83 bits per heavy atom. The molecule has 0 spiro atoms. The Bertz CT molecular complexity index is 578. The Hall–Kier alpha value is -0.935. The average molecular weight is 277 g/mol. The summed E-state index contributed by atoms with van der Waals surface area (Å²) >= 11 is 7.64. The van der Waals surface area contributed by atoms with E-state index in [4.69, 9.17) is 16.3 Å². The molecule has 90 valence electrons. The summed E-state index contributed by atoms with van der Waals surface area (Å²) in [5.74, 6) is 0. The highest BCUT2D eigenvalue weighted by Gasteiger charge is 2.35. The molecule has 0 radical (unpaired) electrons. The van der Waals surface area contributed by atoms with Gasteiger partial charge in [0.25, 0.3) is 0 Å². The summed E-state index contributed by atoms with van der Waals surface area (Å²) in [5.41, 5.74) is 1.63. The highest BCUT2D eigenvalue weighted by atomic mass is 35.5. The summed E-state index contributed by atoms with van der Waals surface area (Å²) in [7, 11) is -0.846. The summed E-state index contributed by atoms with van der Waals surface area (Å²) in [5, 5.41) is 10.5. The van der Waals surface area contributed by atoms with E-state index in [1.807, 2.05) is 48.5 Å². The lowest BCUT2D eigenvalue weighted by atomic mass is 9.80. The highest BCUT2D eigenvalue weighted by molar-refractivity contribution is 7.99. The second-order valence-corrected chi connectivity index (χ2v) is 5.51. The lowest BCUT2D eigenvalue weighted by Crippen LogP contribution is -2.27. The largest absolute Gasteiger partial charge is 0.492 e. The van der Waals surface area contributed by atoms with E-state index < -0.39 is 7.12 Å². The van der Waals surface area contributed by atoms with Crippen molar-refractivity contribution in [2.75, 3.05) is 0 Å². The minimum absolute atomic E-state index is 0.212. The van der Waals surface area contributed by atoms with Crippen LogP contribution < -0.4 is 5.46 Å². The van der Waals surface area contributed by atoms with Crippen LogP contribution in [-0.4, -0.2) is 12.1 Å². The number of fused-ring (bicyclic) bond motifs is 1. The number of halogens is 1. The van der Waals surface area contributed by atoms with Crippen LogP contribution in [0.2, 0.25) is 5.02 Å². The fraction of sp³-hybridized carbons (Fsp3) is 0.0769. The Kier molecular flexibility index (Phi) is 3.35. The van der Waals surface area contributed by atoms with Gasteiger partial charge in [-0.25, -0.2) is 0 Å². The molecule has 1 N–H and O–H groups in total. The monoisotopic (exact) mass is 276 g/mol. The predicted molar refractivity (Wildman–Crippen MR) is 75.2 cm³/mol. The minimum Gasteiger partial charge on any atom is -0.423 e. The van der Waals surface area contributed by atoms with E-state index in [-0.39, 0.29) is 5.44 Å². The summed E-state index contributed by atoms with van der Waals surface area (Å²) in [6.45, 7) is 0. The van der Waals surface area contributed by atoms with Crippen molar-refractivity contribution >= 4 is 35.9 Å². The molecule has 1 unspecified atom stereocenters. The maximum atomic E-state index is 9.83. The number of hydrogen-bond donors (Lipinski definition) is 1. The van der Waals surface area contributed by atoms with Crippen molar-refractivity contribution < 1.29 is 9.68 Å². The Morgan fingerprint density at radius 1 is 1.11 bits per heavy atom. The van der Waals surface area contributed by atoms with Crippen LogP contribution in [0.15, 0.2) is 53.4 Å². The van der Waals surface area contributed by atoms with Gasteiger partial charge in [0.15, 0.2) is 0 Å². The van der Waals surface area contributed by atoms with Gasteiger partial charge in [-0.1, -0.05) is 59.8 Å². The molecule has 1 atom stereocenters. The molecule has 0 aliphatic carbocycles. The molecule has 0 aromatic heterocycles. The molecule has 0 saturated carbocycles. The second-order valence-electron chi connectivity index (χ2n) is 4.00. The molecule has 0 saturated heterocycles. The first-order valence-electron chi connectivity index (χ1n) is 5.59. The molecule has 1 heterocycles. The minimum atomic E-state index is -0.846. The normalized spacial score (nSPS) is 17.9. The SMILES string of the molecule is OB1OC(Sc2ccccc2Cl)c2ccccc21. The summed E-state index contributed by atoms with van der Waals surface area (Å²) < 4.78 is 5.55. The van der Waals surface area contributed by atoms with E-state index in [1.54, 1.807) is 0 Å². The third-order valence-electron chi connectivity index (χ3n) is 2.84. The Balaban J connectivity index is 1.90. The van der Waals surface area contributed by atoms with E-state index in [1.165, 1.54) is 11.8 Å². The van der Waals surface area contributed by atoms with Crippen molar-refractivity contribution in [1.29, 1.82) is 0 Å². The third kappa shape index (κ3) is 2.17. The third-order valence-corrected chi connectivity index (χ3v) is 4.47. The van der Waals surface area contributed by atoms with Crippen LogP contribution in [0.1, 0.15) is 11.0 Å². The van der Waals surface area contributed by atoms with Gasteiger partial charge >= 0.3 is 7.12 Å². The van der Waals surface area contributed by atoms with Crippen molar-refractivity contribution in [2.45, 2.75) is 10.3 Å². The van der Waals surface area contributed by atoms with Crippen LogP contribution in [0.25, 0.3) is 0 Å². The average Bonchev–Trinajstić information content (AvgIpc) is 2.70. The molecule has 18 heavy (non-hydrogen) atoms. The highest BCUT2D eigenvalue weighted by Crippen LogP contribution is 2.41. The van der Waals surface area contributed by atoms with Crippen LogP contribution in [0, 0.1) is 0 Å². The quantitative estimate of drug-likeness (QED) is 0.855. The van der Waals surface area contributed by atoms with Gasteiger partial charge in [0.2, 0.25) is 0 Å². The van der Waals surface area contributed by atoms with Gasteiger partial charge in [-0.05, 0) is 23.2 Å². The molecule has 2 nitrogen and oxygen atoms in total. The van der Waals surface area contributed by atoms with E-state index in [0.29, 0.717) is 5.02 Å². The zero-order valence-electron chi connectivity index (χ0n) is 9.42. The molecular formula is C13H10BClO2S. The smallest absolute Gasteiger partial charge is 0.423 e. The molecular weight excluding hydrogens is 266 g/mol. The van der Waals surface area contributed by atoms with Gasteiger partial charge in [0.05, 0.1) is 5.02 Å². The number of hydrogen-bond acceptors (Lipinski definition) is 3. The summed E-state index contributed by atoms with van der Waals surface area (Å²) in [6, 6.07) is 15.3. The van der Waals surface area contributed by atoms with Gasteiger partial charge in [-0.15, -0.1) is 0 Å². The Morgan fingerprint density at radius 3 is 2.67 bits per heavy atom. The number of thioether (sulfide) groups is 1. The van der Waals surface area contributed by atoms with Gasteiger partial charge < -0.3 is 9.68 Å². The van der Waals surface area contributed by atoms with Crippen LogP contribution in [0.5, 0.6) is 0 Å². The molecule has 0 fully saturated rings. The van der Waals surface area contributed by atoms with E-state index in [0.717, 1.165) is 15.9 Å². The van der Waals surface area contributed by atoms with Crippen molar-refractivity contribution in [1.82, 2.24) is 0 Å². The topological polar surface area (TPSA) is 29.5 Å². The van der Waals surface area contributed by atoms with Crippen molar-refractivity contribution in [3.05, 3.63) is 59.1 Å². The predicted octanol–water partition coefficient (Wildman–Crippen LogP) is 2.85. The van der Waals surface area contributed by atoms with E-state index in [9.17, 15) is 5.02 Å². The first kappa shape index (κ1) is 12.1. The summed E-state index contributed by atoms with van der Waals surface area (Å²) in [4.78, 5) is 0.952. The molecule has 1 aliphatic rings. The molecule has 5 heteroatoms. The molecule has 3 rings (SSSR count). The van der Waals surface area contributed by atoms with Crippen LogP contribution in [0.3, 0.4) is 0 Å². The van der Waals surface area contributed by atoms with Gasteiger partial charge in [-0.3, -0.25) is 0 Å². The second kappa shape index (κ2) is 4.98. The van der Waals surface area contributed by atoms with Crippen molar-refractivity contribution in [3.63, 3.8) is 0 Å². The standard InChI is InChI=1S/C13H10BClO2S/c15-11-7-3-4-8-12(11)18-13-9-5-1-2-6-10(9)14(16)17-13/h1-8,13,16H. The molecule has 2 aromatic carbocycles. The fourth-order valence-corrected chi connectivity index (χ4v) is 3.30.